The number of hydrogen-bond acceptors (Lipinski definition) is 5. The van der Waals surface area contributed by atoms with Crippen molar-refractivity contribution in [3.8, 4) is 5.75 Å². The second-order valence-corrected chi connectivity index (χ2v) is 6.56. The first-order valence-corrected chi connectivity index (χ1v) is 8.21. The molecule has 1 aliphatic carbocycles. The minimum absolute atomic E-state index is 0.00310. The number of aromatic nitrogens is 1. The summed E-state index contributed by atoms with van der Waals surface area (Å²) < 4.78 is 29.1. The number of amides is 1. The van der Waals surface area contributed by atoms with Crippen LogP contribution < -0.4 is 9.50 Å². The standard InChI is InChI=1S/C15H14N2O4S/c18-15(11-3-4-11)17-12-5-7-13(8-6-12)21-22(19,20)14-2-1-9-16-10-14/h1-2,5-11H,3-4H2,(H,17,18). The fraction of sp³-hybridized carbons (Fsp3) is 0.200. The first-order chi connectivity index (χ1) is 10.5. The highest BCUT2D eigenvalue weighted by Crippen LogP contribution is 2.30. The Bertz CT molecular complexity index is 769. The van der Waals surface area contributed by atoms with E-state index in [2.05, 4.69) is 10.3 Å². The van der Waals surface area contributed by atoms with Crippen molar-refractivity contribution in [1.82, 2.24) is 4.98 Å². The monoisotopic (exact) mass is 318 g/mol. The molecule has 1 aliphatic rings. The van der Waals surface area contributed by atoms with Gasteiger partial charge in [-0.05, 0) is 49.2 Å². The van der Waals surface area contributed by atoms with Gasteiger partial charge in [0.05, 0.1) is 0 Å². The van der Waals surface area contributed by atoms with Gasteiger partial charge in [-0.15, -0.1) is 0 Å². The van der Waals surface area contributed by atoms with Crippen molar-refractivity contribution in [2.24, 2.45) is 5.92 Å². The van der Waals surface area contributed by atoms with E-state index >= 15 is 0 Å². The van der Waals surface area contributed by atoms with Crippen molar-refractivity contribution < 1.29 is 17.4 Å². The van der Waals surface area contributed by atoms with E-state index in [0.29, 0.717) is 5.69 Å². The van der Waals surface area contributed by atoms with E-state index in [0.717, 1.165) is 12.8 Å². The number of carbonyl (C=O) groups excluding carboxylic acids is 1. The van der Waals surface area contributed by atoms with Crippen molar-refractivity contribution in [1.29, 1.82) is 0 Å². The molecule has 7 heteroatoms. The summed E-state index contributed by atoms with van der Waals surface area (Å²) in [5.41, 5.74) is 0.614. The van der Waals surface area contributed by atoms with Crippen molar-refractivity contribution >= 4 is 21.7 Å². The van der Waals surface area contributed by atoms with Crippen molar-refractivity contribution in [3.63, 3.8) is 0 Å². The average Bonchev–Trinajstić information content (AvgIpc) is 3.35. The minimum Gasteiger partial charge on any atom is -0.379 e. The Labute approximate surface area is 128 Å². The average molecular weight is 318 g/mol. The lowest BCUT2D eigenvalue weighted by atomic mass is 10.3. The fourth-order valence-corrected chi connectivity index (χ4v) is 2.75. The maximum atomic E-state index is 12.0. The minimum atomic E-state index is -3.90. The summed E-state index contributed by atoms with van der Waals surface area (Å²) in [6.45, 7) is 0. The lowest BCUT2D eigenvalue weighted by Gasteiger charge is -2.08. The Balaban J connectivity index is 1.69. The number of nitrogens with one attached hydrogen (secondary N) is 1. The summed E-state index contributed by atoms with van der Waals surface area (Å²) in [5.74, 6) is 0.284. The Kier molecular flexibility index (Phi) is 3.81. The van der Waals surface area contributed by atoms with E-state index in [1.165, 1.54) is 36.7 Å². The molecule has 0 radical (unpaired) electrons. The predicted molar refractivity (Wildman–Crippen MR) is 79.8 cm³/mol. The molecule has 3 rings (SSSR count). The van der Waals surface area contributed by atoms with E-state index in [1.807, 2.05) is 0 Å². The first kappa shape index (κ1) is 14.5. The fourth-order valence-electron chi connectivity index (χ4n) is 1.85. The normalized spacial score (nSPS) is 14.4. The number of benzene rings is 1. The van der Waals surface area contributed by atoms with Crippen LogP contribution in [0, 0.1) is 5.92 Å². The molecule has 1 N–H and O–H groups in total. The molecule has 1 fully saturated rings. The zero-order chi connectivity index (χ0) is 15.6. The molecule has 1 heterocycles. The van der Waals surface area contributed by atoms with Crippen LogP contribution in [0.25, 0.3) is 0 Å². The van der Waals surface area contributed by atoms with Gasteiger partial charge >= 0.3 is 10.1 Å². The third-order valence-corrected chi connectivity index (χ3v) is 4.43. The quantitative estimate of drug-likeness (QED) is 0.854. The van der Waals surface area contributed by atoms with E-state index in [-0.39, 0.29) is 22.5 Å². The van der Waals surface area contributed by atoms with Crippen molar-refractivity contribution in [2.75, 3.05) is 5.32 Å². The van der Waals surface area contributed by atoms with Gasteiger partial charge in [-0.2, -0.15) is 8.42 Å². The van der Waals surface area contributed by atoms with Crippen LogP contribution in [0.2, 0.25) is 0 Å². The van der Waals surface area contributed by atoms with Gasteiger partial charge < -0.3 is 9.50 Å². The van der Waals surface area contributed by atoms with Gasteiger partial charge in [-0.3, -0.25) is 9.78 Å². The number of pyridine rings is 1. The molecule has 1 saturated carbocycles. The molecule has 1 aromatic carbocycles. The molecule has 0 atom stereocenters. The molecule has 1 aromatic heterocycles. The number of rotatable bonds is 5. The molecular formula is C15H14N2O4S. The van der Waals surface area contributed by atoms with Crippen LogP contribution in [0.5, 0.6) is 5.75 Å². The highest BCUT2D eigenvalue weighted by molar-refractivity contribution is 7.87. The third-order valence-electron chi connectivity index (χ3n) is 3.20. The van der Waals surface area contributed by atoms with Gasteiger partial charge in [-0.1, -0.05) is 0 Å². The number of anilines is 1. The summed E-state index contributed by atoms with van der Waals surface area (Å²) in [6.07, 6.45) is 4.56. The third kappa shape index (κ3) is 3.43. The number of nitrogens with zero attached hydrogens (tertiary/aromatic N) is 1. The molecule has 0 aliphatic heterocycles. The molecule has 1 amide bonds. The van der Waals surface area contributed by atoms with Gasteiger partial charge in [0.15, 0.2) is 0 Å². The highest BCUT2D eigenvalue weighted by Gasteiger charge is 2.29. The van der Waals surface area contributed by atoms with Crippen LogP contribution in [-0.2, 0) is 14.9 Å². The van der Waals surface area contributed by atoms with Gasteiger partial charge in [0.1, 0.15) is 10.6 Å². The largest absolute Gasteiger partial charge is 0.379 e. The van der Waals surface area contributed by atoms with Gasteiger partial charge in [-0.25, -0.2) is 0 Å². The maximum absolute atomic E-state index is 12.0. The van der Waals surface area contributed by atoms with Gasteiger partial charge in [0, 0.05) is 24.0 Å². The molecule has 22 heavy (non-hydrogen) atoms. The van der Waals surface area contributed by atoms with Crippen LogP contribution in [-0.4, -0.2) is 19.3 Å². The molecule has 0 unspecified atom stereocenters. The topological polar surface area (TPSA) is 85.4 Å². The molecule has 2 aromatic rings. The van der Waals surface area contributed by atoms with Crippen LogP contribution >= 0.6 is 0 Å². The predicted octanol–water partition coefficient (Wildman–Crippen LogP) is 2.20. The molecule has 0 saturated heterocycles. The summed E-state index contributed by atoms with van der Waals surface area (Å²) in [6, 6.07) is 9.13. The van der Waals surface area contributed by atoms with Crippen LogP contribution in [0.4, 0.5) is 5.69 Å². The zero-order valence-corrected chi connectivity index (χ0v) is 12.4. The van der Waals surface area contributed by atoms with Crippen molar-refractivity contribution in [3.05, 3.63) is 48.8 Å². The smallest absolute Gasteiger partial charge is 0.340 e. The second-order valence-electron chi connectivity index (χ2n) is 5.01. The van der Waals surface area contributed by atoms with E-state index in [4.69, 9.17) is 4.18 Å². The van der Waals surface area contributed by atoms with E-state index < -0.39 is 10.1 Å². The van der Waals surface area contributed by atoms with Gasteiger partial charge in [0.2, 0.25) is 5.91 Å². The van der Waals surface area contributed by atoms with Crippen LogP contribution in [0.1, 0.15) is 12.8 Å². The molecule has 0 spiro atoms. The molecule has 114 valence electrons. The summed E-state index contributed by atoms with van der Waals surface area (Å²) in [7, 11) is -3.90. The lowest BCUT2D eigenvalue weighted by Crippen LogP contribution is -2.13. The van der Waals surface area contributed by atoms with Crippen molar-refractivity contribution in [2.45, 2.75) is 17.7 Å². The van der Waals surface area contributed by atoms with E-state index in [1.54, 1.807) is 12.1 Å². The Morgan fingerprint density at radius 3 is 2.50 bits per heavy atom. The number of carbonyl (C=O) groups is 1. The lowest BCUT2D eigenvalue weighted by molar-refractivity contribution is -0.117. The van der Waals surface area contributed by atoms with Gasteiger partial charge in [0.25, 0.3) is 0 Å². The molecular weight excluding hydrogens is 304 g/mol. The van der Waals surface area contributed by atoms with E-state index in [9.17, 15) is 13.2 Å². The number of hydrogen-bond donors (Lipinski definition) is 1. The Morgan fingerprint density at radius 1 is 1.18 bits per heavy atom. The maximum Gasteiger partial charge on any atom is 0.340 e. The van der Waals surface area contributed by atoms with Crippen LogP contribution in [0.15, 0.2) is 53.7 Å². The second kappa shape index (κ2) is 5.76. The highest BCUT2D eigenvalue weighted by atomic mass is 32.2. The van der Waals surface area contributed by atoms with Crippen LogP contribution in [0.3, 0.4) is 0 Å². The Morgan fingerprint density at radius 2 is 1.91 bits per heavy atom. The summed E-state index contributed by atoms with van der Waals surface area (Å²) in [4.78, 5) is 15.4. The molecule has 0 bridgehead atoms. The Hall–Kier alpha value is -2.41. The SMILES string of the molecule is O=C(Nc1ccc(OS(=O)(=O)c2cccnc2)cc1)C1CC1. The zero-order valence-electron chi connectivity index (χ0n) is 11.6. The molecule has 6 nitrogen and oxygen atoms in total. The first-order valence-electron chi connectivity index (χ1n) is 6.80. The summed E-state index contributed by atoms with van der Waals surface area (Å²) in [5, 5.41) is 2.77. The summed E-state index contributed by atoms with van der Waals surface area (Å²) >= 11 is 0.